The first-order valence-corrected chi connectivity index (χ1v) is 4.45. The molecule has 0 radical (unpaired) electrons. The van der Waals surface area contributed by atoms with Gasteiger partial charge in [0, 0.05) is 9.26 Å². The minimum atomic E-state index is -0.478. The lowest BCUT2D eigenvalue weighted by molar-refractivity contribution is 0.100. The van der Waals surface area contributed by atoms with E-state index in [0.717, 1.165) is 9.13 Å². The molecular formula is C8H9IN2O. The van der Waals surface area contributed by atoms with Crippen molar-refractivity contribution in [2.75, 3.05) is 5.73 Å². The lowest BCUT2D eigenvalue weighted by Gasteiger charge is -2.05. The van der Waals surface area contributed by atoms with E-state index in [1.165, 1.54) is 0 Å². The highest BCUT2D eigenvalue weighted by Crippen LogP contribution is 2.19. The number of benzene rings is 1. The van der Waals surface area contributed by atoms with Crippen LogP contribution in [0.2, 0.25) is 0 Å². The van der Waals surface area contributed by atoms with Gasteiger partial charge in [0.25, 0.3) is 5.91 Å². The predicted octanol–water partition coefficient (Wildman–Crippen LogP) is 1.28. The molecule has 0 fully saturated rings. The Morgan fingerprint density at radius 3 is 2.58 bits per heavy atom. The molecule has 0 aliphatic heterocycles. The number of hydrogen-bond acceptors (Lipinski definition) is 2. The van der Waals surface area contributed by atoms with Crippen molar-refractivity contribution in [3.05, 3.63) is 26.8 Å². The van der Waals surface area contributed by atoms with Gasteiger partial charge in [-0.2, -0.15) is 0 Å². The zero-order chi connectivity index (χ0) is 9.30. The molecule has 0 aliphatic rings. The minimum Gasteiger partial charge on any atom is -0.398 e. The van der Waals surface area contributed by atoms with E-state index in [0.29, 0.717) is 11.3 Å². The summed E-state index contributed by atoms with van der Waals surface area (Å²) in [5.74, 6) is -0.478. The SMILES string of the molecule is Cc1cc(I)cc(C(N)=O)c1N. The molecule has 4 heteroatoms. The molecule has 0 heterocycles. The topological polar surface area (TPSA) is 69.1 Å². The number of hydrogen-bond donors (Lipinski definition) is 2. The number of nitrogens with two attached hydrogens (primary N) is 2. The maximum absolute atomic E-state index is 10.9. The van der Waals surface area contributed by atoms with Crippen LogP contribution in [0.15, 0.2) is 12.1 Å². The highest BCUT2D eigenvalue weighted by molar-refractivity contribution is 14.1. The quantitative estimate of drug-likeness (QED) is 0.599. The number of carbonyl (C=O) groups is 1. The molecule has 0 saturated carbocycles. The first kappa shape index (κ1) is 9.31. The molecule has 1 amide bonds. The number of aryl methyl sites for hydroxylation is 1. The van der Waals surface area contributed by atoms with Crippen molar-refractivity contribution >= 4 is 34.2 Å². The number of carbonyl (C=O) groups excluding carboxylic acids is 1. The van der Waals surface area contributed by atoms with E-state index >= 15 is 0 Å². The molecule has 1 aromatic rings. The van der Waals surface area contributed by atoms with Crippen LogP contribution in [0.1, 0.15) is 15.9 Å². The van der Waals surface area contributed by atoms with E-state index in [4.69, 9.17) is 11.5 Å². The van der Waals surface area contributed by atoms with Crippen molar-refractivity contribution < 1.29 is 4.79 Å². The van der Waals surface area contributed by atoms with Gasteiger partial charge >= 0.3 is 0 Å². The van der Waals surface area contributed by atoms with Crippen LogP contribution in [0, 0.1) is 10.5 Å². The third-order valence-corrected chi connectivity index (χ3v) is 2.24. The molecule has 0 aliphatic carbocycles. The van der Waals surface area contributed by atoms with Gasteiger partial charge in [0.2, 0.25) is 0 Å². The fourth-order valence-electron chi connectivity index (χ4n) is 0.958. The van der Waals surface area contributed by atoms with Crippen molar-refractivity contribution in [1.82, 2.24) is 0 Å². The Balaban J connectivity index is 3.37. The van der Waals surface area contributed by atoms with Crippen LogP contribution in [0.4, 0.5) is 5.69 Å². The Labute approximate surface area is 84.3 Å². The summed E-state index contributed by atoms with van der Waals surface area (Å²) in [5, 5.41) is 0. The second-order valence-electron chi connectivity index (χ2n) is 2.55. The largest absolute Gasteiger partial charge is 0.398 e. The first-order chi connectivity index (χ1) is 5.52. The average Bonchev–Trinajstić information content (AvgIpc) is 1.96. The van der Waals surface area contributed by atoms with E-state index in [2.05, 4.69) is 22.6 Å². The molecule has 0 unspecified atom stereocenters. The van der Waals surface area contributed by atoms with Crippen molar-refractivity contribution in [2.24, 2.45) is 5.73 Å². The monoisotopic (exact) mass is 276 g/mol. The zero-order valence-corrected chi connectivity index (χ0v) is 8.75. The standard InChI is InChI=1S/C8H9IN2O/c1-4-2-5(9)3-6(7(4)10)8(11)12/h2-3H,10H2,1H3,(H2,11,12). The minimum absolute atomic E-state index is 0.402. The maximum Gasteiger partial charge on any atom is 0.250 e. The molecule has 12 heavy (non-hydrogen) atoms. The molecule has 0 atom stereocenters. The summed E-state index contributed by atoms with van der Waals surface area (Å²) < 4.78 is 0.966. The van der Waals surface area contributed by atoms with Crippen molar-refractivity contribution in [2.45, 2.75) is 6.92 Å². The molecule has 64 valence electrons. The van der Waals surface area contributed by atoms with Crippen LogP contribution in [-0.2, 0) is 0 Å². The van der Waals surface area contributed by atoms with E-state index in [-0.39, 0.29) is 0 Å². The highest BCUT2D eigenvalue weighted by atomic mass is 127. The van der Waals surface area contributed by atoms with E-state index in [1.54, 1.807) is 6.07 Å². The summed E-state index contributed by atoms with van der Waals surface area (Å²) in [6.07, 6.45) is 0. The molecule has 0 aromatic heterocycles. The van der Waals surface area contributed by atoms with Gasteiger partial charge in [-0.1, -0.05) is 0 Å². The number of amides is 1. The normalized spacial score (nSPS) is 9.83. The van der Waals surface area contributed by atoms with E-state index < -0.39 is 5.91 Å². The second-order valence-corrected chi connectivity index (χ2v) is 3.79. The molecule has 4 N–H and O–H groups in total. The summed E-state index contributed by atoms with van der Waals surface area (Å²) in [5.41, 5.74) is 12.5. The van der Waals surface area contributed by atoms with Crippen LogP contribution in [0.3, 0.4) is 0 Å². The number of anilines is 1. The molecule has 1 aromatic carbocycles. The Bertz CT molecular complexity index is 336. The molecule has 3 nitrogen and oxygen atoms in total. The Morgan fingerprint density at radius 2 is 2.08 bits per heavy atom. The molecular weight excluding hydrogens is 267 g/mol. The Morgan fingerprint density at radius 1 is 1.50 bits per heavy atom. The number of halogens is 1. The third-order valence-electron chi connectivity index (χ3n) is 1.62. The summed E-state index contributed by atoms with van der Waals surface area (Å²) in [6.45, 7) is 1.85. The summed E-state index contributed by atoms with van der Waals surface area (Å²) in [7, 11) is 0. The van der Waals surface area contributed by atoms with E-state index in [9.17, 15) is 4.79 Å². The predicted molar refractivity (Wildman–Crippen MR) is 56.8 cm³/mol. The Kier molecular flexibility index (Phi) is 2.56. The first-order valence-electron chi connectivity index (χ1n) is 3.38. The van der Waals surface area contributed by atoms with Crippen LogP contribution >= 0.6 is 22.6 Å². The fourth-order valence-corrected chi connectivity index (χ4v) is 1.74. The fraction of sp³-hybridized carbons (Fsp3) is 0.125. The number of rotatable bonds is 1. The lowest BCUT2D eigenvalue weighted by atomic mass is 10.1. The van der Waals surface area contributed by atoms with Gasteiger partial charge in [0.05, 0.1) is 5.56 Å². The van der Waals surface area contributed by atoms with Crippen molar-refractivity contribution in [3.8, 4) is 0 Å². The average molecular weight is 276 g/mol. The van der Waals surface area contributed by atoms with Crippen LogP contribution in [0.25, 0.3) is 0 Å². The number of primary amides is 1. The van der Waals surface area contributed by atoms with Gasteiger partial charge in [-0.3, -0.25) is 4.79 Å². The lowest BCUT2D eigenvalue weighted by Crippen LogP contribution is -2.14. The van der Waals surface area contributed by atoms with Crippen LogP contribution in [-0.4, -0.2) is 5.91 Å². The zero-order valence-electron chi connectivity index (χ0n) is 6.60. The molecule has 1 rings (SSSR count). The molecule has 0 spiro atoms. The van der Waals surface area contributed by atoms with E-state index in [1.807, 2.05) is 13.0 Å². The summed E-state index contributed by atoms with van der Waals surface area (Å²) in [6, 6.07) is 3.59. The van der Waals surface area contributed by atoms with Crippen molar-refractivity contribution in [3.63, 3.8) is 0 Å². The van der Waals surface area contributed by atoms with Crippen molar-refractivity contribution in [1.29, 1.82) is 0 Å². The highest BCUT2D eigenvalue weighted by Gasteiger charge is 2.08. The van der Waals surface area contributed by atoms with Gasteiger partial charge in [0.1, 0.15) is 0 Å². The second kappa shape index (κ2) is 3.30. The van der Waals surface area contributed by atoms with Gasteiger partial charge in [-0.05, 0) is 47.2 Å². The molecule has 0 saturated heterocycles. The van der Waals surface area contributed by atoms with Crippen LogP contribution in [0.5, 0.6) is 0 Å². The third kappa shape index (κ3) is 1.69. The van der Waals surface area contributed by atoms with Crippen LogP contribution < -0.4 is 11.5 Å². The number of nitrogen functional groups attached to an aromatic ring is 1. The summed E-state index contributed by atoms with van der Waals surface area (Å²) >= 11 is 2.12. The van der Waals surface area contributed by atoms with Gasteiger partial charge < -0.3 is 11.5 Å². The Hall–Kier alpha value is -0.780. The summed E-state index contributed by atoms with van der Waals surface area (Å²) in [4.78, 5) is 10.9. The van der Waals surface area contributed by atoms with Gasteiger partial charge in [0.15, 0.2) is 0 Å². The smallest absolute Gasteiger partial charge is 0.250 e. The van der Waals surface area contributed by atoms with Gasteiger partial charge in [-0.25, -0.2) is 0 Å². The molecule has 0 bridgehead atoms. The van der Waals surface area contributed by atoms with Gasteiger partial charge in [-0.15, -0.1) is 0 Å². The maximum atomic E-state index is 10.9.